The van der Waals surface area contributed by atoms with Gasteiger partial charge in [0.25, 0.3) is 0 Å². The number of aliphatic carboxylic acids is 1. The molecule has 0 radical (unpaired) electrons. The molecule has 1 saturated carbocycles. The zero-order valence-corrected chi connectivity index (χ0v) is 24.6. The number of nitrogens with zero attached hydrogens (tertiary/aromatic N) is 1. The standard InChI is InChI=1S/C34H36FNO5S/c1-22-4-2-3-5-26(22)20-23-6-16-30-27(21-23)11-17-31-34(30,42(40,41)29-14-12-28(35)13-15-29)18-19-36(31)32(37)24-7-9-25(10-8-24)33(38)39/h2-6,12-16,21,24-25,31H,7-11,17-20H2,1H3,(H,38,39)/t24?,25?,31-,34-/m1/s1. The van der Waals surface area contributed by atoms with Crippen molar-refractivity contribution in [3.05, 3.63) is 100 Å². The van der Waals surface area contributed by atoms with E-state index in [9.17, 15) is 27.5 Å². The fourth-order valence-corrected chi connectivity index (χ4v) is 10.00. The topological polar surface area (TPSA) is 91.8 Å². The molecule has 0 unspecified atom stereocenters. The van der Waals surface area contributed by atoms with Crippen LogP contribution in [0.15, 0.2) is 71.6 Å². The Morgan fingerprint density at radius 1 is 0.952 bits per heavy atom. The van der Waals surface area contributed by atoms with E-state index in [0.29, 0.717) is 45.1 Å². The highest BCUT2D eigenvalue weighted by molar-refractivity contribution is 7.92. The first kappa shape index (κ1) is 28.6. The largest absolute Gasteiger partial charge is 0.481 e. The molecular weight excluding hydrogens is 553 g/mol. The SMILES string of the molecule is Cc1ccccc1Cc1ccc2c(c1)CC[C@H]1N(C(=O)C3CCC(C(=O)O)CC3)CC[C@@]21S(=O)(=O)c1ccc(F)cc1. The van der Waals surface area contributed by atoms with Crippen LogP contribution in [0.5, 0.6) is 0 Å². The number of hydrogen-bond donors (Lipinski definition) is 1. The summed E-state index contributed by atoms with van der Waals surface area (Å²) in [5.74, 6) is -2.13. The minimum Gasteiger partial charge on any atom is -0.481 e. The second-order valence-electron chi connectivity index (χ2n) is 12.2. The van der Waals surface area contributed by atoms with Crippen molar-refractivity contribution < 1.29 is 27.5 Å². The van der Waals surface area contributed by atoms with E-state index in [1.165, 1.54) is 35.4 Å². The number of carboxylic acid groups (broad SMARTS) is 1. The van der Waals surface area contributed by atoms with Crippen LogP contribution in [0.3, 0.4) is 0 Å². The number of rotatable bonds is 6. The number of amides is 1. The van der Waals surface area contributed by atoms with Crippen LogP contribution in [0.2, 0.25) is 0 Å². The Balaban J connectivity index is 1.39. The van der Waals surface area contributed by atoms with Crippen LogP contribution in [0.4, 0.5) is 4.39 Å². The van der Waals surface area contributed by atoms with Crippen LogP contribution in [-0.2, 0) is 37.0 Å². The van der Waals surface area contributed by atoms with Crippen molar-refractivity contribution in [2.45, 2.75) is 74.0 Å². The van der Waals surface area contributed by atoms with E-state index in [2.05, 4.69) is 25.1 Å². The fraction of sp³-hybridized carbons (Fsp3) is 0.412. The van der Waals surface area contributed by atoms with E-state index in [4.69, 9.17) is 0 Å². The minimum atomic E-state index is -4.02. The summed E-state index contributed by atoms with van der Waals surface area (Å²) >= 11 is 0. The van der Waals surface area contributed by atoms with Crippen molar-refractivity contribution in [3.8, 4) is 0 Å². The number of carbonyl (C=O) groups is 2. The van der Waals surface area contributed by atoms with Crippen LogP contribution in [0, 0.1) is 24.6 Å². The van der Waals surface area contributed by atoms with Gasteiger partial charge < -0.3 is 10.0 Å². The van der Waals surface area contributed by atoms with Crippen LogP contribution in [0.25, 0.3) is 0 Å². The van der Waals surface area contributed by atoms with Gasteiger partial charge in [0.2, 0.25) is 5.91 Å². The zero-order chi connectivity index (χ0) is 29.6. The average molecular weight is 590 g/mol. The molecule has 3 aromatic rings. The van der Waals surface area contributed by atoms with Gasteiger partial charge in [-0.3, -0.25) is 9.59 Å². The first-order valence-corrected chi connectivity index (χ1v) is 16.3. The molecule has 6 rings (SSSR count). The summed E-state index contributed by atoms with van der Waals surface area (Å²) in [5.41, 5.74) is 5.25. The number of carbonyl (C=O) groups excluding carboxylic acids is 1. The molecule has 8 heteroatoms. The van der Waals surface area contributed by atoms with E-state index in [1.807, 2.05) is 24.3 Å². The molecule has 3 aromatic carbocycles. The maximum absolute atomic E-state index is 14.6. The van der Waals surface area contributed by atoms with E-state index in [0.717, 1.165) is 23.1 Å². The van der Waals surface area contributed by atoms with E-state index >= 15 is 0 Å². The Kier molecular flexibility index (Phi) is 7.46. The second-order valence-corrected chi connectivity index (χ2v) is 14.4. The summed E-state index contributed by atoms with van der Waals surface area (Å²) in [6.07, 6.45) is 4.06. The van der Waals surface area contributed by atoms with Crippen molar-refractivity contribution >= 4 is 21.7 Å². The van der Waals surface area contributed by atoms with Gasteiger partial charge in [0, 0.05) is 12.5 Å². The summed E-state index contributed by atoms with van der Waals surface area (Å²) in [7, 11) is -4.02. The van der Waals surface area contributed by atoms with Gasteiger partial charge in [0.1, 0.15) is 10.6 Å². The van der Waals surface area contributed by atoms with Crippen molar-refractivity contribution in [3.63, 3.8) is 0 Å². The Bertz CT molecular complexity index is 1630. The Labute approximate surface area is 246 Å². The molecule has 1 amide bonds. The lowest BCUT2D eigenvalue weighted by Crippen LogP contribution is -2.53. The predicted molar refractivity (Wildman–Crippen MR) is 157 cm³/mol. The maximum atomic E-state index is 14.6. The molecule has 2 atom stereocenters. The number of hydrogen-bond acceptors (Lipinski definition) is 4. The molecule has 2 fully saturated rings. The molecule has 220 valence electrons. The number of benzene rings is 3. The Morgan fingerprint density at radius 2 is 1.64 bits per heavy atom. The van der Waals surface area contributed by atoms with Gasteiger partial charge in [0.15, 0.2) is 9.84 Å². The molecule has 2 aliphatic carbocycles. The van der Waals surface area contributed by atoms with Crippen molar-refractivity contribution in [1.29, 1.82) is 0 Å². The third-order valence-electron chi connectivity index (χ3n) is 9.92. The Morgan fingerprint density at radius 3 is 2.33 bits per heavy atom. The Hall–Kier alpha value is -3.52. The first-order valence-electron chi connectivity index (χ1n) is 14.8. The first-order chi connectivity index (χ1) is 20.1. The molecule has 0 aromatic heterocycles. The average Bonchev–Trinajstić information content (AvgIpc) is 3.40. The summed E-state index contributed by atoms with van der Waals surface area (Å²) < 4.78 is 41.7. The van der Waals surface area contributed by atoms with Crippen molar-refractivity contribution in [2.24, 2.45) is 11.8 Å². The molecule has 1 N–H and O–H groups in total. The monoisotopic (exact) mass is 589 g/mol. The lowest BCUT2D eigenvalue weighted by molar-refractivity contribution is -0.146. The number of halogens is 1. The molecule has 0 spiro atoms. The fourth-order valence-electron chi connectivity index (χ4n) is 7.63. The molecule has 1 aliphatic heterocycles. The molecule has 0 bridgehead atoms. The van der Waals surface area contributed by atoms with E-state index in [-0.39, 0.29) is 23.1 Å². The van der Waals surface area contributed by atoms with Crippen LogP contribution in [-0.4, -0.2) is 42.9 Å². The van der Waals surface area contributed by atoms with Gasteiger partial charge in [-0.05, 0) is 110 Å². The highest BCUT2D eigenvalue weighted by Gasteiger charge is 2.61. The summed E-state index contributed by atoms with van der Waals surface area (Å²) in [5, 5.41) is 9.40. The van der Waals surface area contributed by atoms with Gasteiger partial charge in [0.05, 0.1) is 16.9 Å². The highest BCUT2D eigenvalue weighted by Crippen LogP contribution is 2.53. The normalized spacial score (nSPS) is 25.5. The third-order valence-corrected chi connectivity index (χ3v) is 12.5. The lowest BCUT2D eigenvalue weighted by Gasteiger charge is -2.43. The number of likely N-dealkylation sites (tertiary alicyclic amines) is 1. The maximum Gasteiger partial charge on any atom is 0.306 e. The molecule has 1 saturated heterocycles. The van der Waals surface area contributed by atoms with Crippen molar-refractivity contribution in [1.82, 2.24) is 4.90 Å². The summed E-state index contributed by atoms with van der Waals surface area (Å²) in [6.45, 7) is 2.40. The van der Waals surface area contributed by atoms with Gasteiger partial charge in [-0.15, -0.1) is 0 Å². The van der Waals surface area contributed by atoms with Crippen LogP contribution >= 0.6 is 0 Å². The number of fused-ring (bicyclic) bond motifs is 3. The number of carboxylic acids is 1. The van der Waals surface area contributed by atoms with Crippen LogP contribution < -0.4 is 0 Å². The summed E-state index contributed by atoms with van der Waals surface area (Å²) in [6, 6.07) is 18.8. The van der Waals surface area contributed by atoms with Gasteiger partial charge in [-0.25, -0.2) is 12.8 Å². The van der Waals surface area contributed by atoms with Gasteiger partial charge in [-0.1, -0.05) is 42.5 Å². The number of aryl methyl sites for hydroxylation is 2. The minimum absolute atomic E-state index is 0.0574. The van der Waals surface area contributed by atoms with Crippen LogP contribution in [0.1, 0.15) is 66.3 Å². The molecule has 42 heavy (non-hydrogen) atoms. The van der Waals surface area contributed by atoms with Gasteiger partial charge >= 0.3 is 5.97 Å². The molecule has 6 nitrogen and oxygen atoms in total. The molecular formula is C34H36FNO5S. The van der Waals surface area contributed by atoms with Crippen molar-refractivity contribution in [2.75, 3.05) is 6.54 Å². The zero-order valence-electron chi connectivity index (χ0n) is 23.8. The second kappa shape index (κ2) is 11.0. The lowest BCUT2D eigenvalue weighted by atomic mass is 9.77. The smallest absolute Gasteiger partial charge is 0.306 e. The molecule has 1 heterocycles. The molecule has 3 aliphatic rings. The summed E-state index contributed by atoms with van der Waals surface area (Å²) in [4.78, 5) is 27.2. The highest BCUT2D eigenvalue weighted by atomic mass is 32.2. The van der Waals surface area contributed by atoms with E-state index < -0.39 is 38.3 Å². The number of sulfone groups is 1. The van der Waals surface area contributed by atoms with E-state index in [1.54, 1.807) is 4.90 Å². The predicted octanol–water partition coefficient (Wildman–Crippen LogP) is 5.83. The third kappa shape index (κ3) is 4.74. The quantitative estimate of drug-likeness (QED) is 0.365. The van der Waals surface area contributed by atoms with Gasteiger partial charge in [-0.2, -0.15) is 0 Å².